The average Bonchev–Trinajstić information content (AvgIpc) is 3.25. The molecular weight excluding hydrogens is 525 g/mol. The lowest BCUT2D eigenvalue weighted by Crippen LogP contribution is -2.21. The van der Waals surface area contributed by atoms with E-state index < -0.39 is 22.0 Å². The quantitative estimate of drug-likeness (QED) is 0.172. The number of aryl methyl sites for hydroxylation is 1. The van der Waals surface area contributed by atoms with E-state index in [9.17, 15) is 26.4 Å². The Hall–Kier alpha value is -3.16. The van der Waals surface area contributed by atoms with Crippen LogP contribution in [0.15, 0.2) is 62.5 Å². The Kier molecular flexibility index (Phi) is 8.87. The molecule has 0 aliphatic heterocycles. The van der Waals surface area contributed by atoms with Gasteiger partial charge in [-0.2, -0.15) is 13.2 Å². The number of alkyl halides is 3. The van der Waals surface area contributed by atoms with Gasteiger partial charge in [0.05, 0.1) is 18.9 Å². The van der Waals surface area contributed by atoms with Gasteiger partial charge in [-0.25, -0.2) is 13.2 Å². The van der Waals surface area contributed by atoms with Gasteiger partial charge in [-0.15, -0.1) is 23.1 Å². The van der Waals surface area contributed by atoms with Crippen molar-refractivity contribution in [3.05, 3.63) is 64.5 Å². The minimum absolute atomic E-state index is 0.156. The van der Waals surface area contributed by atoms with Crippen molar-refractivity contribution in [1.29, 1.82) is 5.41 Å². The number of aldehydes is 1. The lowest BCUT2D eigenvalue weighted by atomic mass is 9.98. The third-order valence-electron chi connectivity index (χ3n) is 4.50. The normalized spacial score (nSPS) is 11.3. The predicted molar refractivity (Wildman–Crippen MR) is 128 cm³/mol. The molecule has 0 saturated carbocycles. The Morgan fingerprint density at radius 1 is 1.17 bits per heavy atom. The van der Waals surface area contributed by atoms with Gasteiger partial charge in [0, 0.05) is 5.56 Å². The maximum atomic E-state index is 13.3. The summed E-state index contributed by atoms with van der Waals surface area (Å²) < 4.78 is 58.9. The molecule has 0 aliphatic rings. The Morgan fingerprint density at radius 2 is 1.80 bits per heavy atom. The number of hydrogen-bond acceptors (Lipinski definition) is 7. The molecule has 7 nitrogen and oxygen atoms in total. The lowest BCUT2D eigenvalue weighted by Gasteiger charge is -2.10. The molecule has 0 amide bonds. The molecule has 0 fully saturated rings. The monoisotopic (exact) mass is 544 g/mol. The van der Waals surface area contributed by atoms with Crippen molar-refractivity contribution >= 4 is 51.0 Å². The Balaban J connectivity index is 0.000000540. The van der Waals surface area contributed by atoms with Crippen molar-refractivity contribution in [2.75, 3.05) is 6.26 Å². The first-order valence-electron chi connectivity index (χ1n) is 9.46. The first kappa shape index (κ1) is 28.1. The highest BCUT2D eigenvalue weighted by molar-refractivity contribution is 8.01. The van der Waals surface area contributed by atoms with Gasteiger partial charge >= 0.3 is 12.1 Å². The summed E-state index contributed by atoms with van der Waals surface area (Å²) >= 11 is 2.50. The molecule has 0 aliphatic carbocycles. The van der Waals surface area contributed by atoms with Crippen LogP contribution in [0.2, 0.25) is 0 Å². The van der Waals surface area contributed by atoms with Crippen LogP contribution in [0.3, 0.4) is 0 Å². The van der Waals surface area contributed by atoms with Gasteiger partial charge in [-0.1, -0.05) is 24.3 Å². The summed E-state index contributed by atoms with van der Waals surface area (Å²) in [5.41, 5.74) is 8.54. The van der Waals surface area contributed by atoms with Gasteiger partial charge in [-0.3, -0.25) is 10.2 Å². The number of aliphatic carboxylic acids is 1. The number of thioether (sulfide) groups is 1. The second-order valence-corrected chi connectivity index (χ2v) is 11.0. The van der Waals surface area contributed by atoms with E-state index in [1.54, 1.807) is 36.6 Å². The summed E-state index contributed by atoms with van der Waals surface area (Å²) in [7, 11) is -3.79. The van der Waals surface area contributed by atoms with E-state index in [1.165, 1.54) is 29.2 Å². The van der Waals surface area contributed by atoms with Crippen LogP contribution < -0.4 is 5.73 Å². The summed E-state index contributed by atoms with van der Waals surface area (Å²) in [5, 5.41) is 14.7. The van der Waals surface area contributed by atoms with Gasteiger partial charge in [0.2, 0.25) is 9.84 Å². The molecule has 3 rings (SSSR count). The fourth-order valence-corrected chi connectivity index (χ4v) is 6.70. The second-order valence-electron chi connectivity index (χ2n) is 6.91. The first-order valence-corrected chi connectivity index (χ1v) is 13.0. The van der Waals surface area contributed by atoms with Gasteiger partial charge in [0.15, 0.2) is 0 Å². The Labute approximate surface area is 207 Å². The molecule has 186 valence electrons. The maximum Gasteiger partial charge on any atom is 0.490 e. The molecule has 0 radical (unpaired) electrons. The van der Waals surface area contributed by atoms with Gasteiger partial charge < -0.3 is 10.8 Å². The van der Waals surface area contributed by atoms with Crippen LogP contribution in [0.25, 0.3) is 11.1 Å². The van der Waals surface area contributed by atoms with E-state index in [4.69, 9.17) is 21.0 Å². The molecule has 2 aromatic carbocycles. The Morgan fingerprint density at radius 3 is 2.31 bits per heavy atom. The van der Waals surface area contributed by atoms with E-state index in [0.717, 1.165) is 23.0 Å². The van der Waals surface area contributed by atoms with Crippen LogP contribution in [-0.2, 0) is 14.6 Å². The fourth-order valence-electron chi connectivity index (χ4n) is 2.80. The van der Waals surface area contributed by atoms with E-state index in [-0.39, 0.29) is 15.6 Å². The number of carbonyl (C=O) groups is 2. The molecule has 3 aromatic rings. The van der Waals surface area contributed by atoms with Crippen LogP contribution in [0, 0.1) is 12.3 Å². The fraction of sp³-hybridized carbons (Fsp3) is 0.136. The standard InChI is InChI=1S/C20H18N2O3S3.C2HF3O2/c1-12-6-7-13(11-23)8-16(12)14-4-3-5-15(9-14)28(24,25)18-10-17(19(21)22)27-20(18)26-2;3-2(4,5)1(6)7/h3-11H,1-2H3,(H3,21,22);(H,6,7). The number of benzene rings is 2. The molecule has 0 bridgehead atoms. The third-order valence-corrected chi connectivity index (χ3v) is 8.84. The van der Waals surface area contributed by atoms with E-state index in [1.807, 2.05) is 19.1 Å². The number of rotatable bonds is 6. The van der Waals surface area contributed by atoms with Crippen LogP contribution in [0.1, 0.15) is 20.8 Å². The van der Waals surface area contributed by atoms with Crippen LogP contribution in [-0.4, -0.2) is 44.0 Å². The Bertz CT molecular complexity index is 1380. The largest absolute Gasteiger partial charge is 0.490 e. The second kappa shape index (κ2) is 11.1. The summed E-state index contributed by atoms with van der Waals surface area (Å²) in [4.78, 5) is 20.8. The van der Waals surface area contributed by atoms with Gasteiger partial charge in [-0.05, 0) is 54.1 Å². The number of carboxylic acids is 1. The number of carboxylic acid groups (broad SMARTS) is 1. The third kappa shape index (κ3) is 6.71. The number of nitrogens with one attached hydrogen (secondary N) is 1. The SMILES string of the molecule is CSc1sc(C(=N)N)cc1S(=O)(=O)c1cccc(-c2cc(C=O)ccc2C)c1.O=C(O)C(F)(F)F. The number of hydrogen-bond donors (Lipinski definition) is 3. The highest BCUT2D eigenvalue weighted by atomic mass is 32.2. The van der Waals surface area contributed by atoms with Crippen LogP contribution in [0.4, 0.5) is 13.2 Å². The van der Waals surface area contributed by atoms with Crippen molar-refractivity contribution in [2.24, 2.45) is 5.73 Å². The van der Waals surface area contributed by atoms with Crippen molar-refractivity contribution in [1.82, 2.24) is 0 Å². The van der Waals surface area contributed by atoms with E-state index in [2.05, 4.69) is 0 Å². The van der Waals surface area contributed by atoms with Crippen molar-refractivity contribution in [3.8, 4) is 11.1 Å². The summed E-state index contributed by atoms with van der Waals surface area (Å²) in [6, 6.07) is 13.4. The number of amidine groups is 1. The van der Waals surface area contributed by atoms with Gasteiger partial charge in [0.25, 0.3) is 0 Å². The summed E-state index contributed by atoms with van der Waals surface area (Å²) in [5.74, 6) is -2.91. The number of thiophene rings is 1. The molecular formula is C22H19F3N2O5S3. The summed E-state index contributed by atoms with van der Waals surface area (Å²) in [6.07, 6.45) is -2.53. The van der Waals surface area contributed by atoms with Crippen molar-refractivity contribution in [2.45, 2.75) is 27.1 Å². The van der Waals surface area contributed by atoms with Crippen LogP contribution >= 0.6 is 23.1 Å². The molecule has 13 heteroatoms. The first-order chi connectivity index (χ1) is 16.2. The molecule has 0 atom stereocenters. The number of nitrogens with two attached hydrogens (primary N) is 1. The molecule has 1 heterocycles. The molecule has 4 N–H and O–H groups in total. The minimum atomic E-state index is -5.08. The highest BCUT2D eigenvalue weighted by Gasteiger charge is 2.38. The maximum absolute atomic E-state index is 13.3. The number of carbonyl (C=O) groups excluding carboxylic acids is 1. The van der Waals surface area contributed by atoms with Crippen molar-refractivity contribution in [3.63, 3.8) is 0 Å². The van der Waals surface area contributed by atoms with Crippen molar-refractivity contribution < 1.29 is 36.3 Å². The molecule has 0 spiro atoms. The van der Waals surface area contributed by atoms with Crippen LogP contribution in [0.5, 0.6) is 0 Å². The topological polar surface area (TPSA) is 138 Å². The molecule has 0 unspecified atom stereocenters. The zero-order valence-electron chi connectivity index (χ0n) is 18.2. The molecule has 0 saturated heterocycles. The number of nitrogen functional groups attached to an aromatic ring is 1. The smallest absolute Gasteiger partial charge is 0.475 e. The predicted octanol–water partition coefficient (Wildman–Crippen LogP) is 5.01. The highest BCUT2D eigenvalue weighted by Crippen LogP contribution is 2.37. The zero-order valence-corrected chi connectivity index (χ0v) is 20.7. The summed E-state index contributed by atoms with van der Waals surface area (Å²) in [6.45, 7) is 1.91. The van der Waals surface area contributed by atoms with E-state index in [0.29, 0.717) is 14.6 Å². The lowest BCUT2D eigenvalue weighted by molar-refractivity contribution is -0.192. The van der Waals surface area contributed by atoms with E-state index >= 15 is 0 Å². The number of halogens is 3. The molecule has 1 aromatic heterocycles. The zero-order chi connectivity index (χ0) is 26.6. The average molecular weight is 545 g/mol. The molecule has 35 heavy (non-hydrogen) atoms. The number of sulfone groups is 1. The minimum Gasteiger partial charge on any atom is -0.475 e. The van der Waals surface area contributed by atoms with Gasteiger partial charge in [0.1, 0.15) is 12.1 Å².